The van der Waals surface area contributed by atoms with Crippen LogP contribution in [0, 0.1) is 0 Å². The van der Waals surface area contributed by atoms with Crippen molar-refractivity contribution in [3.8, 4) is 0 Å². The molecule has 1 fully saturated rings. The van der Waals surface area contributed by atoms with Gasteiger partial charge in [0, 0.05) is 10.8 Å². The Labute approximate surface area is 96.8 Å². The maximum Gasteiger partial charge on any atom is 0.321 e. The van der Waals surface area contributed by atoms with Crippen LogP contribution in [0.1, 0.15) is 10.9 Å². The molecule has 0 aromatic heterocycles. The Kier molecular flexibility index (Phi) is 3.19. The summed E-state index contributed by atoms with van der Waals surface area (Å²) in [5.41, 5.74) is 1.02. The average Bonchev–Trinajstić information content (AvgIpc) is 2.66. The first-order valence-corrected chi connectivity index (χ1v) is 5.95. The number of carboxylic acid groups (broad SMARTS) is 1. The molecule has 1 saturated heterocycles. The van der Waals surface area contributed by atoms with Gasteiger partial charge in [0.25, 0.3) is 0 Å². The van der Waals surface area contributed by atoms with Gasteiger partial charge in [0.1, 0.15) is 6.04 Å². The highest BCUT2D eigenvalue weighted by molar-refractivity contribution is 7.99. The minimum absolute atomic E-state index is 0.0322. The lowest BCUT2D eigenvalue weighted by molar-refractivity contribution is -0.138. The normalized spacial score (nSPS) is 25.4. The Morgan fingerprint density at radius 2 is 2.40 bits per heavy atom. The number of hydrogen-bond acceptors (Lipinski definition) is 3. The smallest absolute Gasteiger partial charge is 0.321 e. The minimum atomic E-state index is -0.799. The van der Waals surface area contributed by atoms with E-state index in [9.17, 15) is 4.79 Å². The SMILES string of the molecule is O=C(O)C1CS[C@@H](c2cccc(Cl)c2)N1. The van der Waals surface area contributed by atoms with Crippen molar-refractivity contribution in [3.05, 3.63) is 34.9 Å². The quantitative estimate of drug-likeness (QED) is 0.836. The number of thioether (sulfide) groups is 1. The average molecular weight is 244 g/mol. The molecule has 2 rings (SSSR count). The second kappa shape index (κ2) is 4.43. The minimum Gasteiger partial charge on any atom is -0.480 e. The lowest BCUT2D eigenvalue weighted by atomic mass is 10.2. The number of halogens is 1. The molecule has 5 heteroatoms. The van der Waals surface area contributed by atoms with Crippen molar-refractivity contribution in [3.63, 3.8) is 0 Å². The van der Waals surface area contributed by atoms with Crippen molar-refractivity contribution in [2.45, 2.75) is 11.4 Å². The van der Waals surface area contributed by atoms with Crippen LogP contribution in [0.5, 0.6) is 0 Å². The monoisotopic (exact) mass is 243 g/mol. The molecule has 1 aliphatic heterocycles. The van der Waals surface area contributed by atoms with Gasteiger partial charge in [-0.3, -0.25) is 10.1 Å². The van der Waals surface area contributed by atoms with E-state index in [2.05, 4.69) is 5.32 Å². The third-order valence-corrected chi connectivity index (χ3v) is 3.73. The van der Waals surface area contributed by atoms with Gasteiger partial charge < -0.3 is 5.11 Å². The molecule has 1 aromatic rings. The Hall–Kier alpha value is -0.710. The molecular weight excluding hydrogens is 234 g/mol. The zero-order chi connectivity index (χ0) is 10.8. The number of aliphatic carboxylic acids is 1. The van der Waals surface area contributed by atoms with E-state index in [1.807, 2.05) is 18.2 Å². The van der Waals surface area contributed by atoms with Gasteiger partial charge >= 0.3 is 5.97 Å². The highest BCUT2D eigenvalue weighted by Crippen LogP contribution is 2.33. The molecule has 80 valence electrons. The summed E-state index contributed by atoms with van der Waals surface area (Å²) in [7, 11) is 0. The topological polar surface area (TPSA) is 49.3 Å². The molecule has 0 amide bonds. The predicted molar refractivity (Wildman–Crippen MR) is 61.2 cm³/mol. The molecule has 2 N–H and O–H groups in total. The Morgan fingerprint density at radius 3 is 3.00 bits per heavy atom. The first kappa shape index (κ1) is 10.8. The van der Waals surface area contributed by atoms with E-state index < -0.39 is 12.0 Å². The molecule has 1 unspecified atom stereocenters. The predicted octanol–water partition coefficient (Wildman–Crippen LogP) is 2.13. The number of benzene rings is 1. The second-order valence-corrected chi connectivity index (χ2v) is 4.90. The fourth-order valence-corrected chi connectivity index (χ4v) is 2.90. The van der Waals surface area contributed by atoms with Crippen LogP contribution in [-0.2, 0) is 4.79 Å². The molecule has 15 heavy (non-hydrogen) atoms. The summed E-state index contributed by atoms with van der Waals surface area (Å²) in [4.78, 5) is 10.7. The molecule has 0 aliphatic carbocycles. The third-order valence-electron chi connectivity index (χ3n) is 2.23. The Balaban J connectivity index is 2.11. The first-order chi connectivity index (χ1) is 7.16. The van der Waals surface area contributed by atoms with Crippen molar-refractivity contribution in [2.75, 3.05) is 5.75 Å². The van der Waals surface area contributed by atoms with E-state index in [0.29, 0.717) is 10.8 Å². The van der Waals surface area contributed by atoms with Crippen molar-refractivity contribution in [1.29, 1.82) is 0 Å². The maximum atomic E-state index is 10.7. The van der Waals surface area contributed by atoms with Crippen molar-refractivity contribution in [1.82, 2.24) is 5.32 Å². The molecule has 0 spiro atoms. The summed E-state index contributed by atoms with van der Waals surface area (Å²) >= 11 is 7.46. The van der Waals surface area contributed by atoms with Crippen LogP contribution in [0.3, 0.4) is 0 Å². The highest BCUT2D eigenvalue weighted by atomic mass is 35.5. The van der Waals surface area contributed by atoms with Crippen LogP contribution in [0.15, 0.2) is 24.3 Å². The van der Waals surface area contributed by atoms with Gasteiger partial charge in [0.2, 0.25) is 0 Å². The van der Waals surface area contributed by atoms with Crippen LogP contribution in [-0.4, -0.2) is 22.9 Å². The third kappa shape index (κ3) is 2.45. The van der Waals surface area contributed by atoms with Crippen LogP contribution in [0.2, 0.25) is 5.02 Å². The standard InChI is InChI=1S/C10H10ClNO2S/c11-7-3-1-2-6(4-7)9-12-8(5-15-9)10(13)14/h1-4,8-9,12H,5H2,(H,13,14)/t8?,9-/m0/s1. The van der Waals surface area contributed by atoms with Gasteiger partial charge in [-0.1, -0.05) is 23.7 Å². The van der Waals surface area contributed by atoms with Gasteiger partial charge in [0.05, 0.1) is 5.37 Å². The molecule has 2 atom stereocenters. The van der Waals surface area contributed by atoms with E-state index in [-0.39, 0.29) is 5.37 Å². The molecule has 3 nitrogen and oxygen atoms in total. The van der Waals surface area contributed by atoms with E-state index in [4.69, 9.17) is 16.7 Å². The van der Waals surface area contributed by atoms with Crippen LogP contribution in [0.25, 0.3) is 0 Å². The number of hydrogen-bond donors (Lipinski definition) is 2. The lowest BCUT2D eigenvalue weighted by Crippen LogP contribution is -2.33. The molecule has 1 heterocycles. The molecule has 0 radical (unpaired) electrons. The van der Waals surface area contributed by atoms with Crippen LogP contribution in [0.4, 0.5) is 0 Å². The summed E-state index contributed by atoms with van der Waals surface area (Å²) in [5.74, 6) is -0.209. The second-order valence-electron chi connectivity index (χ2n) is 3.33. The first-order valence-electron chi connectivity index (χ1n) is 4.53. The number of carboxylic acids is 1. The van der Waals surface area contributed by atoms with Gasteiger partial charge in [-0.15, -0.1) is 11.8 Å². The van der Waals surface area contributed by atoms with E-state index in [1.54, 1.807) is 17.8 Å². The number of rotatable bonds is 2. The van der Waals surface area contributed by atoms with E-state index in [0.717, 1.165) is 5.56 Å². The summed E-state index contributed by atoms with van der Waals surface area (Å²) in [6.45, 7) is 0. The van der Waals surface area contributed by atoms with Crippen molar-refractivity contribution >= 4 is 29.3 Å². The zero-order valence-corrected chi connectivity index (χ0v) is 9.39. The largest absolute Gasteiger partial charge is 0.480 e. The molecular formula is C10H10ClNO2S. The summed E-state index contributed by atoms with van der Waals surface area (Å²) in [5, 5.41) is 12.6. The van der Waals surface area contributed by atoms with E-state index in [1.165, 1.54) is 0 Å². The summed E-state index contributed by atoms with van der Waals surface area (Å²) < 4.78 is 0. The number of carbonyl (C=O) groups is 1. The fourth-order valence-electron chi connectivity index (χ4n) is 1.48. The van der Waals surface area contributed by atoms with Gasteiger partial charge in [-0.25, -0.2) is 0 Å². The van der Waals surface area contributed by atoms with Gasteiger partial charge in [-0.2, -0.15) is 0 Å². The fraction of sp³-hybridized carbons (Fsp3) is 0.300. The lowest BCUT2D eigenvalue weighted by Gasteiger charge is -2.11. The van der Waals surface area contributed by atoms with Gasteiger partial charge in [-0.05, 0) is 17.7 Å². The molecule has 0 bridgehead atoms. The number of nitrogens with one attached hydrogen (secondary N) is 1. The summed E-state index contributed by atoms with van der Waals surface area (Å²) in [6.07, 6.45) is 0. The van der Waals surface area contributed by atoms with E-state index >= 15 is 0 Å². The molecule has 1 aromatic carbocycles. The maximum absolute atomic E-state index is 10.7. The molecule has 1 aliphatic rings. The van der Waals surface area contributed by atoms with Crippen LogP contribution >= 0.6 is 23.4 Å². The summed E-state index contributed by atoms with van der Waals surface area (Å²) in [6, 6.07) is 7.02. The Morgan fingerprint density at radius 1 is 1.60 bits per heavy atom. The highest BCUT2D eigenvalue weighted by Gasteiger charge is 2.30. The van der Waals surface area contributed by atoms with Crippen molar-refractivity contribution < 1.29 is 9.90 Å². The van der Waals surface area contributed by atoms with Crippen LogP contribution < -0.4 is 5.32 Å². The van der Waals surface area contributed by atoms with Crippen molar-refractivity contribution in [2.24, 2.45) is 0 Å². The van der Waals surface area contributed by atoms with Gasteiger partial charge in [0.15, 0.2) is 0 Å². The Bertz CT molecular complexity index is 385. The zero-order valence-electron chi connectivity index (χ0n) is 7.81. The molecule has 0 saturated carbocycles.